The summed E-state index contributed by atoms with van der Waals surface area (Å²) in [7, 11) is 0. The van der Waals surface area contributed by atoms with E-state index in [0.29, 0.717) is 11.6 Å². The second-order valence-corrected chi connectivity index (χ2v) is 5.08. The van der Waals surface area contributed by atoms with Gasteiger partial charge in [0.25, 0.3) is 0 Å². The molecule has 0 amide bonds. The molecule has 1 N–H and O–H groups in total. The molecule has 0 aliphatic carbocycles. The highest BCUT2D eigenvalue weighted by Crippen LogP contribution is 2.19. The van der Waals surface area contributed by atoms with Crippen molar-refractivity contribution in [1.29, 1.82) is 5.26 Å². The van der Waals surface area contributed by atoms with Gasteiger partial charge in [-0.1, -0.05) is 43.3 Å². The number of hydrogen-bond acceptors (Lipinski definition) is 2. The van der Waals surface area contributed by atoms with E-state index in [1.54, 1.807) is 0 Å². The lowest BCUT2D eigenvalue weighted by atomic mass is 10.0. The van der Waals surface area contributed by atoms with Gasteiger partial charge >= 0.3 is 0 Å². The van der Waals surface area contributed by atoms with Gasteiger partial charge in [-0.2, -0.15) is 5.26 Å². The Labute approximate surface area is 121 Å². The van der Waals surface area contributed by atoms with Gasteiger partial charge in [0.2, 0.25) is 0 Å². The van der Waals surface area contributed by atoms with Crippen molar-refractivity contribution < 1.29 is 0 Å². The summed E-state index contributed by atoms with van der Waals surface area (Å²) in [6.45, 7) is 4.25. The molecule has 0 saturated heterocycles. The normalized spacial score (nSPS) is 11.7. The Hall–Kier alpha value is -2.27. The summed E-state index contributed by atoms with van der Waals surface area (Å²) >= 11 is 0. The van der Waals surface area contributed by atoms with Gasteiger partial charge in [0.05, 0.1) is 11.6 Å². The maximum atomic E-state index is 9.00. The summed E-state index contributed by atoms with van der Waals surface area (Å²) < 4.78 is 0. The first kappa shape index (κ1) is 14.1. The van der Waals surface area contributed by atoms with E-state index in [9.17, 15) is 0 Å². The standard InChI is InChI=1S/C18H20N2/c1-3-17(11-15-7-5-4-6-8-15)20-18-12-16(13-19)10-9-14(18)2/h4-10,12,17,20H,3,11H2,1-2H3. The van der Waals surface area contributed by atoms with E-state index in [1.165, 1.54) is 11.1 Å². The summed E-state index contributed by atoms with van der Waals surface area (Å²) in [5.74, 6) is 0. The number of nitrogens with one attached hydrogen (secondary N) is 1. The first-order chi connectivity index (χ1) is 9.72. The Morgan fingerprint density at radius 2 is 1.90 bits per heavy atom. The molecule has 0 bridgehead atoms. The van der Waals surface area contributed by atoms with Crippen molar-refractivity contribution >= 4 is 5.69 Å². The first-order valence-electron chi connectivity index (χ1n) is 7.04. The van der Waals surface area contributed by atoms with Crippen LogP contribution in [0.1, 0.15) is 30.0 Å². The van der Waals surface area contributed by atoms with Crippen molar-refractivity contribution in [2.75, 3.05) is 5.32 Å². The molecule has 0 aromatic heterocycles. The molecule has 0 aliphatic rings. The van der Waals surface area contributed by atoms with Crippen LogP contribution in [0.3, 0.4) is 0 Å². The summed E-state index contributed by atoms with van der Waals surface area (Å²) in [5, 5.41) is 12.6. The smallest absolute Gasteiger partial charge is 0.0992 e. The van der Waals surface area contributed by atoms with E-state index in [2.05, 4.69) is 49.5 Å². The number of nitrogens with zero attached hydrogens (tertiary/aromatic N) is 1. The molecule has 1 atom stereocenters. The van der Waals surface area contributed by atoms with Crippen molar-refractivity contribution in [2.45, 2.75) is 32.7 Å². The molecule has 0 aliphatic heterocycles. The molecule has 0 saturated carbocycles. The highest BCUT2D eigenvalue weighted by atomic mass is 14.9. The maximum Gasteiger partial charge on any atom is 0.0992 e. The van der Waals surface area contributed by atoms with Crippen molar-refractivity contribution in [1.82, 2.24) is 0 Å². The molecule has 1 unspecified atom stereocenters. The van der Waals surface area contributed by atoms with Gasteiger partial charge in [-0.15, -0.1) is 0 Å². The number of aryl methyl sites for hydroxylation is 1. The lowest BCUT2D eigenvalue weighted by Gasteiger charge is -2.20. The average molecular weight is 264 g/mol. The summed E-state index contributed by atoms with van der Waals surface area (Å²) in [4.78, 5) is 0. The van der Waals surface area contributed by atoms with Gasteiger partial charge in [0.1, 0.15) is 0 Å². The molecule has 0 heterocycles. The van der Waals surface area contributed by atoms with Crippen LogP contribution in [0.15, 0.2) is 48.5 Å². The minimum absolute atomic E-state index is 0.380. The third kappa shape index (κ3) is 3.61. The third-order valence-electron chi connectivity index (χ3n) is 3.54. The molecule has 0 fully saturated rings. The van der Waals surface area contributed by atoms with Crippen LogP contribution in [-0.2, 0) is 6.42 Å². The van der Waals surface area contributed by atoms with E-state index >= 15 is 0 Å². The van der Waals surface area contributed by atoms with Gasteiger partial charge in [0, 0.05) is 11.7 Å². The van der Waals surface area contributed by atoms with Crippen LogP contribution >= 0.6 is 0 Å². The Morgan fingerprint density at radius 1 is 1.15 bits per heavy atom. The van der Waals surface area contributed by atoms with Crippen LogP contribution in [0.4, 0.5) is 5.69 Å². The fraction of sp³-hybridized carbons (Fsp3) is 0.278. The second kappa shape index (κ2) is 6.77. The van der Waals surface area contributed by atoms with E-state index in [0.717, 1.165) is 18.5 Å². The molecule has 0 spiro atoms. The number of anilines is 1. The van der Waals surface area contributed by atoms with Crippen LogP contribution in [0, 0.1) is 18.3 Å². The summed E-state index contributed by atoms with van der Waals surface area (Å²) in [5.41, 5.74) is 4.27. The lowest BCUT2D eigenvalue weighted by molar-refractivity contribution is 0.690. The molecule has 2 rings (SSSR count). The lowest BCUT2D eigenvalue weighted by Crippen LogP contribution is -2.21. The quantitative estimate of drug-likeness (QED) is 0.874. The zero-order chi connectivity index (χ0) is 14.4. The maximum absolute atomic E-state index is 9.00. The summed E-state index contributed by atoms with van der Waals surface area (Å²) in [6.07, 6.45) is 2.04. The van der Waals surface area contributed by atoms with Crippen molar-refractivity contribution in [2.24, 2.45) is 0 Å². The highest BCUT2D eigenvalue weighted by molar-refractivity contribution is 5.55. The Morgan fingerprint density at radius 3 is 2.55 bits per heavy atom. The van der Waals surface area contributed by atoms with Gasteiger partial charge < -0.3 is 5.32 Å². The van der Waals surface area contributed by atoms with Crippen molar-refractivity contribution in [3.8, 4) is 6.07 Å². The number of hydrogen-bond donors (Lipinski definition) is 1. The van der Waals surface area contributed by atoms with Gasteiger partial charge in [0.15, 0.2) is 0 Å². The van der Waals surface area contributed by atoms with Gasteiger partial charge in [-0.25, -0.2) is 0 Å². The fourth-order valence-corrected chi connectivity index (χ4v) is 2.26. The average Bonchev–Trinajstić information content (AvgIpc) is 2.49. The SMILES string of the molecule is CCC(Cc1ccccc1)Nc1cc(C#N)ccc1C. The van der Waals surface area contributed by atoms with Crippen molar-refractivity contribution in [3.63, 3.8) is 0 Å². The zero-order valence-corrected chi connectivity index (χ0v) is 12.1. The molecule has 20 heavy (non-hydrogen) atoms. The van der Waals surface area contributed by atoms with Crippen LogP contribution in [-0.4, -0.2) is 6.04 Å². The van der Waals surface area contributed by atoms with Crippen LogP contribution < -0.4 is 5.32 Å². The van der Waals surface area contributed by atoms with Crippen LogP contribution in [0.2, 0.25) is 0 Å². The number of nitriles is 1. The van der Waals surface area contributed by atoms with Crippen LogP contribution in [0.25, 0.3) is 0 Å². The van der Waals surface area contributed by atoms with E-state index in [1.807, 2.05) is 24.3 Å². The molecule has 2 nitrogen and oxygen atoms in total. The van der Waals surface area contributed by atoms with Gasteiger partial charge in [-0.05, 0) is 43.0 Å². The minimum Gasteiger partial charge on any atom is -0.382 e. The summed E-state index contributed by atoms with van der Waals surface area (Å²) in [6, 6.07) is 18.9. The Kier molecular flexibility index (Phi) is 4.79. The fourth-order valence-electron chi connectivity index (χ4n) is 2.26. The van der Waals surface area contributed by atoms with E-state index in [4.69, 9.17) is 5.26 Å². The predicted octanol–water partition coefficient (Wildman–Crippen LogP) is 4.30. The second-order valence-electron chi connectivity index (χ2n) is 5.08. The topological polar surface area (TPSA) is 35.8 Å². The van der Waals surface area contributed by atoms with Gasteiger partial charge in [-0.3, -0.25) is 0 Å². The minimum atomic E-state index is 0.380. The molecule has 2 heteroatoms. The predicted molar refractivity (Wildman–Crippen MR) is 83.7 cm³/mol. The monoisotopic (exact) mass is 264 g/mol. The largest absolute Gasteiger partial charge is 0.382 e. The molecule has 102 valence electrons. The Bertz CT molecular complexity index is 597. The molecular weight excluding hydrogens is 244 g/mol. The van der Waals surface area contributed by atoms with E-state index in [-0.39, 0.29) is 0 Å². The number of benzene rings is 2. The van der Waals surface area contributed by atoms with E-state index < -0.39 is 0 Å². The Balaban J connectivity index is 2.12. The molecule has 2 aromatic rings. The third-order valence-corrected chi connectivity index (χ3v) is 3.54. The first-order valence-corrected chi connectivity index (χ1v) is 7.04. The number of rotatable bonds is 5. The molecule has 0 radical (unpaired) electrons. The van der Waals surface area contributed by atoms with Crippen LogP contribution in [0.5, 0.6) is 0 Å². The highest BCUT2D eigenvalue weighted by Gasteiger charge is 2.09. The molecule has 2 aromatic carbocycles. The molecular formula is C18H20N2. The van der Waals surface area contributed by atoms with Crippen molar-refractivity contribution in [3.05, 3.63) is 65.2 Å². The zero-order valence-electron chi connectivity index (χ0n) is 12.1.